The average Bonchev–Trinajstić information content (AvgIpc) is 2.94. The number of nitrogens with one attached hydrogen (secondary N) is 1. The molecule has 1 atom stereocenters. The van der Waals surface area contributed by atoms with Gasteiger partial charge in [0, 0.05) is 11.6 Å². The largest absolute Gasteiger partial charge is 0.306 e. The van der Waals surface area contributed by atoms with Crippen molar-refractivity contribution in [1.29, 1.82) is 0 Å². The highest BCUT2D eigenvalue weighted by Gasteiger charge is 2.15. The zero-order valence-corrected chi connectivity index (χ0v) is 14.2. The molecule has 2 heterocycles. The molecular formula is C17H17BrN2S. The van der Waals surface area contributed by atoms with Crippen molar-refractivity contribution in [2.75, 3.05) is 6.54 Å². The number of hydrogen-bond acceptors (Lipinski definition) is 3. The predicted molar refractivity (Wildman–Crippen MR) is 93.9 cm³/mol. The maximum absolute atomic E-state index is 4.47. The molecule has 0 bridgehead atoms. The number of pyridine rings is 1. The van der Waals surface area contributed by atoms with Crippen molar-refractivity contribution < 1.29 is 0 Å². The third-order valence-corrected chi connectivity index (χ3v) is 5.01. The summed E-state index contributed by atoms with van der Waals surface area (Å²) in [7, 11) is 0. The number of rotatable bonds is 5. The van der Waals surface area contributed by atoms with Crippen molar-refractivity contribution in [1.82, 2.24) is 10.3 Å². The van der Waals surface area contributed by atoms with Gasteiger partial charge in [-0.25, -0.2) is 0 Å². The van der Waals surface area contributed by atoms with E-state index in [9.17, 15) is 0 Å². The Hall–Kier alpha value is -1.23. The number of halogens is 1. The molecule has 0 spiro atoms. The van der Waals surface area contributed by atoms with Gasteiger partial charge in [-0.3, -0.25) is 4.98 Å². The summed E-state index contributed by atoms with van der Waals surface area (Å²) in [6, 6.07) is 13.0. The summed E-state index contributed by atoms with van der Waals surface area (Å²) in [4.78, 5) is 4.47. The zero-order valence-electron chi connectivity index (χ0n) is 11.8. The Balaban J connectivity index is 2.00. The Labute approximate surface area is 137 Å². The van der Waals surface area contributed by atoms with Crippen molar-refractivity contribution in [3.63, 3.8) is 0 Å². The number of benzene rings is 1. The first kappa shape index (κ1) is 14.7. The van der Waals surface area contributed by atoms with Crippen LogP contribution < -0.4 is 5.32 Å². The molecule has 0 saturated heterocycles. The quantitative estimate of drug-likeness (QED) is 0.680. The topological polar surface area (TPSA) is 24.9 Å². The molecule has 3 aromatic rings. The van der Waals surface area contributed by atoms with Gasteiger partial charge in [0.15, 0.2) is 0 Å². The molecule has 2 nitrogen and oxygen atoms in total. The average molecular weight is 361 g/mol. The summed E-state index contributed by atoms with van der Waals surface area (Å²) in [6.07, 6.45) is 2.97. The molecule has 1 aromatic carbocycles. The van der Waals surface area contributed by atoms with Crippen LogP contribution >= 0.6 is 27.3 Å². The van der Waals surface area contributed by atoms with Crippen LogP contribution in [-0.2, 0) is 0 Å². The number of hydrogen-bond donors (Lipinski definition) is 1. The van der Waals surface area contributed by atoms with Crippen molar-refractivity contribution in [2.45, 2.75) is 19.4 Å². The summed E-state index contributed by atoms with van der Waals surface area (Å²) >= 11 is 5.28. The van der Waals surface area contributed by atoms with E-state index in [-0.39, 0.29) is 6.04 Å². The van der Waals surface area contributed by atoms with Gasteiger partial charge in [0.05, 0.1) is 15.3 Å². The Morgan fingerprint density at radius 1 is 1.24 bits per heavy atom. The van der Waals surface area contributed by atoms with Gasteiger partial charge in [0.25, 0.3) is 0 Å². The molecular weight excluding hydrogens is 344 g/mol. The van der Waals surface area contributed by atoms with Gasteiger partial charge in [0.2, 0.25) is 0 Å². The second kappa shape index (κ2) is 6.69. The molecule has 1 N–H and O–H groups in total. The lowest BCUT2D eigenvalue weighted by molar-refractivity contribution is 0.600. The van der Waals surface area contributed by atoms with Crippen LogP contribution in [0.5, 0.6) is 0 Å². The highest BCUT2D eigenvalue weighted by atomic mass is 79.9. The first-order chi connectivity index (χ1) is 10.3. The Morgan fingerprint density at radius 2 is 2.14 bits per heavy atom. The van der Waals surface area contributed by atoms with Gasteiger partial charge in [-0.05, 0) is 63.6 Å². The SMILES string of the molecule is CCCNC(c1csc(Br)c1)c1ccc2cccnc2c1. The van der Waals surface area contributed by atoms with Gasteiger partial charge in [0.1, 0.15) is 0 Å². The van der Waals surface area contributed by atoms with Crippen molar-refractivity contribution in [2.24, 2.45) is 0 Å². The first-order valence-electron chi connectivity index (χ1n) is 7.10. The van der Waals surface area contributed by atoms with Crippen LogP contribution in [0.2, 0.25) is 0 Å². The minimum atomic E-state index is 0.221. The fourth-order valence-corrected chi connectivity index (χ4v) is 3.66. The van der Waals surface area contributed by atoms with E-state index >= 15 is 0 Å². The summed E-state index contributed by atoms with van der Waals surface area (Å²) in [5.41, 5.74) is 3.61. The smallest absolute Gasteiger partial charge is 0.0705 e. The number of thiophene rings is 1. The Kier molecular flexibility index (Phi) is 4.68. The second-order valence-electron chi connectivity index (χ2n) is 5.03. The lowest BCUT2D eigenvalue weighted by atomic mass is 9.99. The minimum absolute atomic E-state index is 0.221. The summed E-state index contributed by atoms with van der Waals surface area (Å²) in [6.45, 7) is 3.19. The van der Waals surface area contributed by atoms with Crippen LogP contribution in [-0.4, -0.2) is 11.5 Å². The summed E-state index contributed by atoms with van der Waals surface area (Å²) < 4.78 is 1.17. The van der Waals surface area contributed by atoms with Crippen LogP contribution in [0.3, 0.4) is 0 Å². The van der Waals surface area contributed by atoms with Crippen LogP contribution in [0, 0.1) is 0 Å². The molecule has 1 unspecified atom stereocenters. The Morgan fingerprint density at radius 3 is 2.90 bits per heavy atom. The molecule has 108 valence electrons. The summed E-state index contributed by atoms with van der Waals surface area (Å²) in [5, 5.41) is 7.03. The third-order valence-electron chi connectivity index (χ3n) is 3.48. The molecule has 3 rings (SSSR count). The van der Waals surface area contributed by atoms with Crippen molar-refractivity contribution in [3.8, 4) is 0 Å². The number of aromatic nitrogens is 1. The molecule has 0 aliphatic rings. The van der Waals surface area contributed by atoms with Crippen LogP contribution in [0.1, 0.15) is 30.5 Å². The van der Waals surface area contributed by atoms with Gasteiger partial charge in [-0.2, -0.15) is 0 Å². The molecule has 0 amide bonds. The molecule has 4 heteroatoms. The molecule has 0 aliphatic carbocycles. The van der Waals surface area contributed by atoms with Crippen molar-refractivity contribution >= 4 is 38.2 Å². The normalized spacial score (nSPS) is 12.7. The highest BCUT2D eigenvalue weighted by Crippen LogP contribution is 2.30. The number of nitrogens with zero attached hydrogens (tertiary/aromatic N) is 1. The van der Waals surface area contributed by atoms with E-state index in [1.807, 2.05) is 12.3 Å². The van der Waals surface area contributed by atoms with E-state index in [4.69, 9.17) is 0 Å². The molecule has 0 aliphatic heterocycles. The van der Waals surface area contributed by atoms with Crippen LogP contribution in [0.15, 0.2) is 51.8 Å². The predicted octanol–water partition coefficient (Wildman–Crippen LogP) is 5.15. The lowest BCUT2D eigenvalue weighted by Gasteiger charge is -2.18. The molecule has 0 fully saturated rings. The maximum Gasteiger partial charge on any atom is 0.0705 e. The van der Waals surface area contributed by atoms with Gasteiger partial charge < -0.3 is 5.32 Å². The third kappa shape index (κ3) is 3.34. The molecule has 21 heavy (non-hydrogen) atoms. The van der Waals surface area contributed by atoms with Gasteiger partial charge >= 0.3 is 0 Å². The highest BCUT2D eigenvalue weighted by molar-refractivity contribution is 9.11. The lowest BCUT2D eigenvalue weighted by Crippen LogP contribution is -2.22. The first-order valence-corrected chi connectivity index (χ1v) is 8.77. The second-order valence-corrected chi connectivity index (χ2v) is 7.32. The standard InChI is InChI=1S/C17H17BrN2S/c1-2-7-20-17(14-10-16(18)21-11-14)13-6-5-12-4-3-8-19-15(12)9-13/h3-6,8-11,17,20H,2,7H2,1H3. The zero-order chi connectivity index (χ0) is 14.7. The van der Waals surface area contributed by atoms with E-state index in [2.05, 4.69) is 68.9 Å². The van der Waals surface area contributed by atoms with Gasteiger partial charge in [-0.15, -0.1) is 11.3 Å². The fourth-order valence-electron chi connectivity index (χ4n) is 2.45. The van der Waals surface area contributed by atoms with E-state index in [0.717, 1.165) is 18.5 Å². The van der Waals surface area contributed by atoms with Gasteiger partial charge in [-0.1, -0.05) is 25.1 Å². The molecule has 0 saturated carbocycles. The number of fused-ring (bicyclic) bond motifs is 1. The van der Waals surface area contributed by atoms with Crippen LogP contribution in [0.25, 0.3) is 10.9 Å². The Bertz CT molecular complexity index is 738. The van der Waals surface area contributed by atoms with E-state index in [1.54, 1.807) is 11.3 Å². The van der Waals surface area contributed by atoms with E-state index in [1.165, 1.54) is 20.3 Å². The molecule has 0 radical (unpaired) electrons. The van der Waals surface area contributed by atoms with Crippen LogP contribution in [0.4, 0.5) is 0 Å². The summed E-state index contributed by atoms with van der Waals surface area (Å²) in [5.74, 6) is 0. The van der Waals surface area contributed by atoms with Crippen molar-refractivity contribution in [3.05, 3.63) is 62.9 Å². The minimum Gasteiger partial charge on any atom is -0.306 e. The van der Waals surface area contributed by atoms with E-state index in [0.29, 0.717) is 0 Å². The monoisotopic (exact) mass is 360 g/mol. The van der Waals surface area contributed by atoms with E-state index < -0.39 is 0 Å². The molecule has 2 aromatic heterocycles. The fraction of sp³-hybridized carbons (Fsp3) is 0.235. The maximum atomic E-state index is 4.47.